The SMILES string of the molecule is [NH-]C(=O)c1cccc([N+](=O)[O-])c1C(=O)O.[NH-]OCc1cccc([N+](=O)[O-])c1C(=O)O.[Y]. The van der Waals surface area contributed by atoms with Crippen molar-refractivity contribution in [3.63, 3.8) is 0 Å². The molecule has 0 heterocycles. The fourth-order valence-corrected chi connectivity index (χ4v) is 2.29. The Morgan fingerprint density at radius 2 is 1.35 bits per heavy atom. The van der Waals surface area contributed by atoms with Crippen LogP contribution in [0.3, 0.4) is 0 Å². The number of carbonyl (C=O) groups excluding carboxylic acids is 1. The topological polar surface area (TPSA) is 235 Å². The third kappa shape index (κ3) is 7.14. The van der Waals surface area contributed by atoms with E-state index in [1.54, 1.807) is 0 Å². The van der Waals surface area contributed by atoms with E-state index >= 15 is 0 Å². The molecule has 2 rings (SSSR count). The summed E-state index contributed by atoms with van der Waals surface area (Å²) >= 11 is 0. The predicted molar refractivity (Wildman–Crippen MR) is 97.9 cm³/mol. The number of amides is 1. The molecule has 0 saturated carbocycles. The van der Waals surface area contributed by atoms with Gasteiger partial charge in [0.15, 0.2) is 0 Å². The third-order valence-electron chi connectivity index (χ3n) is 3.46. The molecule has 0 bridgehead atoms. The Kier molecular flexibility index (Phi) is 11.1. The number of nitro groups is 2. The van der Waals surface area contributed by atoms with E-state index in [0.29, 0.717) is 0 Å². The largest absolute Gasteiger partial charge is 0.664 e. The monoisotopic (exact) mass is 509 g/mol. The average molecular weight is 509 g/mol. The van der Waals surface area contributed by atoms with Crippen LogP contribution in [0.1, 0.15) is 36.6 Å². The maximum atomic E-state index is 10.8. The molecule has 0 aliphatic rings. The van der Waals surface area contributed by atoms with Crippen LogP contribution in [0.15, 0.2) is 36.4 Å². The van der Waals surface area contributed by atoms with E-state index in [9.17, 15) is 34.6 Å². The first-order valence-corrected chi connectivity index (χ1v) is 7.57. The number of carboxylic acid groups (broad SMARTS) is 2. The number of nitro benzene ring substituents is 2. The first-order chi connectivity index (χ1) is 14.0. The summed E-state index contributed by atoms with van der Waals surface area (Å²) < 4.78 is 0. The first kappa shape index (κ1) is 27.7. The van der Waals surface area contributed by atoms with Gasteiger partial charge in [-0.1, -0.05) is 24.3 Å². The Labute approximate surface area is 197 Å². The summed E-state index contributed by atoms with van der Waals surface area (Å²) in [5.74, 6) is 2.22. The van der Waals surface area contributed by atoms with Crippen LogP contribution in [-0.4, -0.2) is 37.9 Å². The number of aromatic carboxylic acids is 2. The van der Waals surface area contributed by atoms with Crippen molar-refractivity contribution in [2.45, 2.75) is 6.61 Å². The second-order valence-corrected chi connectivity index (χ2v) is 5.25. The number of nitrogens with one attached hydrogen (secondary N) is 2. The van der Waals surface area contributed by atoms with Crippen molar-refractivity contribution in [3.8, 4) is 0 Å². The van der Waals surface area contributed by atoms with Gasteiger partial charge in [-0.25, -0.2) is 9.59 Å². The molecular formula is C16H12N4O10Y-2. The number of hydrogen-bond donors (Lipinski definition) is 2. The number of carboxylic acids is 2. The van der Waals surface area contributed by atoms with Crippen LogP contribution < -0.4 is 0 Å². The van der Waals surface area contributed by atoms with Crippen LogP contribution in [0.5, 0.6) is 0 Å². The van der Waals surface area contributed by atoms with E-state index in [-0.39, 0.29) is 44.9 Å². The summed E-state index contributed by atoms with van der Waals surface area (Å²) in [4.78, 5) is 55.6. The van der Waals surface area contributed by atoms with Crippen LogP contribution in [0, 0.1) is 20.2 Å². The third-order valence-corrected chi connectivity index (χ3v) is 3.46. The van der Waals surface area contributed by atoms with E-state index < -0.39 is 55.8 Å². The minimum atomic E-state index is -1.60. The Morgan fingerprint density at radius 3 is 1.74 bits per heavy atom. The standard InChI is InChI=1S/C8H7N2O5.C8H6N2O5.Y/c9-15-4-5-2-1-3-6(10(13)14)7(5)8(11)12;9-7(11)4-2-1-3-5(10(14)15)6(4)8(12)13;/h1-3,9H,4H2,(H,11,12);1-3H,(H3,9,11,12,13);/q-1;;/p-1. The Bertz CT molecular complexity index is 995. The molecule has 0 spiro atoms. The number of hydrogen-bond acceptors (Lipinski definition) is 8. The quantitative estimate of drug-likeness (QED) is 0.408. The summed E-state index contributed by atoms with van der Waals surface area (Å²) in [5, 5.41) is 38.5. The summed E-state index contributed by atoms with van der Waals surface area (Å²) in [5.41, 5.74) is 4.00. The smallest absolute Gasteiger partial charge is 0.343 e. The normalized spacial score (nSPS) is 9.45. The van der Waals surface area contributed by atoms with Crippen molar-refractivity contribution >= 4 is 29.2 Å². The van der Waals surface area contributed by atoms with Crippen LogP contribution >= 0.6 is 0 Å². The van der Waals surface area contributed by atoms with E-state index in [1.165, 1.54) is 12.1 Å². The molecule has 4 N–H and O–H groups in total. The number of nitrogens with zero attached hydrogens (tertiary/aromatic N) is 2. The van der Waals surface area contributed by atoms with Crippen LogP contribution in [0.4, 0.5) is 11.4 Å². The van der Waals surface area contributed by atoms with Gasteiger partial charge in [-0.05, 0) is 5.56 Å². The van der Waals surface area contributed by atoms with Gasteiger partial charge < -0.3 is 31.5 Å². The van der Waals surface area contributed by atoms with E-state index in [4.69, 9.17) is 21.8 Å². The van der Waals surface area contributed by atoms with E-state index in [1.807, 2.05) is 0 Å². The fourth-order valence-electron chi connectivity index (χ4n) is 2.29. The Balaban J connectivity index is 0.000000562. The van der Waals surface area contributed by atoms with Gasteiger partial charge in [0.2, 0.25) is 0 Å². The minimum Gasteiger partial charge on any atom is -0.664 e. The van der Waals surface area contributed by atoms with Gasteiger partial charge in [0.25, 0.3) is 11.4 Å². The summed E-state index contributed by atoms with van der Waals surface area (Å²) in [6, 6.07) is 6.99. The average Bonchev–Trinajstić information content (AvgIpc) is 2.67. The number of carbonyl (C=O) groups is 3. The van der Waals surface area contributed by atoms with Crippen LogP contribution in [0.2, 0.25) is 0 Å². The molecule has 0 atom stereocenters. The Hall–Kier alpha value is -3.33. The molecule has 2 aromatic rings. The van der Waals surface area contributed by atoms with Gasteiger partial charge in [0, 0.05) is 50.4 Å². The van der Waals surface area contributed by atoms with Gasteiger partial charge in [0.1, 0.15) is 11.1 Å². The molecule has 0 saturated heterocycles. The van der Waals surface area contributed by atoms with Gasteiger partial charge in [-0.2, -0.15) is 0 Å². The number of rotatable bonds is 7. The fraction of sp³-hybridized carbons (Fsp3) is 0.0625. The van der Waals surface area contributed by atoms with Crippen molar-refractivity contribution in [3.05, 3.63) is 90.5 Å². The van der Waals surface area contributed by atoms with Crippen molar-refractivity contribution in [1.29, 1.82) is 0 Å². The van der Waals surface area contributed by atoms with Gasteiger partial charge in [-0.15, -0.1) is 0 Å². The minimum absolute atomic E-state index is 0. The molecule has 0 aliphatic carbocycles. The second kappa shape index (κ2) is 12.4. The molecule has 161 valence electrons. The molecule has 1 radical (unpaired) electrons. The zero-order valence-corrected chi connectivity index (χ0v) is 18.1. The molecule has 0 aromatic heterocycles. The molecule has 15 heteroatoms. The van der Waals surface area contributed by atoms with Crippen LogP contribution in [-0.2, 0) is 44.2 Å². The van der Waals surface area contributed by atoms with Crippen molar-refractivity contribution in [2.24, 2.45) is 0 Å². The molecule has 14 nitrogen and oxygen atoms in total. The van der Waals surface area contributed by atoms with E-state index in [2.05, 4.69) is 4.84 Å². The van der Waals surface area contributed by atoms with Gasteiger partial charge >= 0.3 is 11.9 Å². The Morgan fingerprint density at radius 1 is 0.903 bits per heavy atom. The zero-order chi connectivity index (χ0) is 23.0. The molecule has 1 amide bonds. The van der Waals surface area contributed by atoms with E-state index in [0.717, 1.165) is 24.3 Å². The maximum Gasteiger partial charge on any atom is 0.343 e. The zero-order valence-electron chi connectivity index (χ0n) is 15.3. The molecule has 0 unspecified atom stereocenters. The predicted octanol–water partition coefficient (Wildman–Crippen LogP) is 3.26. The maximum absolute atomic E-state index is 10.8. The second-order valence-electron chi connectivity index (χ2n) is 5.25. The van der Waals surface area contributed by atoms with Crippen molar-refractivity contribution in [2.75, 3.05) is 0 Å². The van der Waals surface area contributed by atoms with Crippen molar-refractivity contribution in [1.82, 2.24) is 0 Å². The summed E-state index contributed by atoms with van der Waals surface area (Å²) in [7, 11) is 0. The first-order valence-electron chi connectivity index (χ1n) is 7.57. The van der Waals surface area contributed by atoms with Gasteiger partial charge in [-0.3, -0.25) is 20.2 Å². The number of benzene rings is 2. The molecule has 2 aromatic carbocycles. The molecular weight excluding hydrogens is 497 g/mol. The summed E-state index contributed by atoms with van der Waals surface area (Å²) in [6.45, 7) is -0.302. The van der Waals surface area contributed by atoms with Gasteiger partial charge in [0.05, 0.1) is 22.4 Å². The van der Waals surface area contributed by atoms with Crippen molar-refractivity contribution < 1.29 is 72.0 Å². The molecule has 0 aliphatic heterocycles. The molecule has 0 fully saturated rings. The molecule has 31 heavy (non-hydrogen) atoms. The summed E-state index contributed by atoms with van der Waals surface area (Å²) in [6.07, 6.45) is 0. The van der Waals surface area contributed by atoms with Crippen LogP contribution in [0.25, 0.3) is 11.6 Å².